The van der Waals surface area contributed by atoms with Crippen LogP contribution in [0.25, 0.3) is 5.57 Å². The number of benzene rings is 1. The Hall–Kier alpha value is -1.99. The summed E-state index contributed by atoms with van der Waals surface area (Å²) in [6.45, 7) is 4.07. The van der Waals surface area contributed by atoms with Gasteiger partial charge in [-0.2, -0.15) is 5.10 Å². The molecule has 1 aliphatic rings. The molecule has 1 heterocycles. The fraction of sp³-hybridized carbons (Fsp3) is 0.294. The van der Waals surface area contributed by atoms with E-state index in [0.29, 0.717) is 12.2 Å². The van der Waals surface area contributed by atoms with Crippen molar-refractivity contribution < 1.29 is 4.79 Å². The molecule has 1 aromatic rings. The summed E-state index contributed by atoms with van der Waals surface area (Å²) in [5.74, 6) is 3.41. The normalized spacial score (nSPS) is 18.7. The van der Waals surface area contributed by atoms with Gasteiger partial charge in [0.2, 0.25) is 5.91 Å². The van der Waals surface area contributed by atoms with Crippen molar-refractivity contribution in [1.82, 2.24) is 5.43 Å². The second-order valence-electron chi connectivity index (χ2n) is 4.99. The molecule has 1 aliphatic heterocycles. The first kappa shape index (κ1) is 15.4. The van der Waals surface area contributed by atoms with Crippen molar-refractivity contribution >= 4 is 29.0 Å². The summed E-state index contributed by atoms with van der Waals surface area (Å²) >= 11 is 1.65. The molecule has 108 valence electrons. The molecule has 21 heavy (non-hydrogen) atoms. The maximum Gasteiger partial charge on any atom is 0.240 e. The van der Waals surface area contributed by atoms with Crippen LogP contribution in [0, 0.1) is 18.3 Å². The number of amides is 1. The van der Waals surface area contributed by atoms with Gasteiger partial charge in [-0.05, 0) is 30.2 Å². The average molecular weight is 298 g/mol. The minimum Gasteiger partial charge on any atom is -0.273 e. The standard InChI is InChI=1S/C17H18N2OS/c1-4-9-21-16-8-6-5-7-14(16)12(2)10-15-13(3)11-17(20)19-18-15/h1,5-8,10,13H,9,11H2,2-3H3,(H,19,20). The number of allylic oxidation sites excluding steroid dienone is 2. The number of thioether (sulfide) groups is 1. The molecule has 4 heteroatoms. The van der Waals surface area contributed by atoms with E-state index in [4.69, 9.17) is 6.42 Å². The van der Waals surface area contributed by atoms with Crippen LogP contribution in [0.15, 0.2) is 40.3 Å². The molecule has 0 aliphatic carbocycles. The van der Waals surface area contributed by atoms with Gasteiger partial charge in [0, 0.05) is 17.2 Å². The van der Waals surface area contributed by atoms with E-state index in [0.717, 1.165) is 21.7 Å². The molecule has 1 aromatic carbocycles. The molecule has 0 bridgehead atoms. The number of terminal acetylenes is 1. The monoisotopic (exact) mass is 298 g/mol. The first-order valence-corrected chi connectivity index (χ1v) is 7.80. The lowest BCUT2D eigenvalue weighted by Crippen LogP contribution is -2.30. The van der Waals surface area contributed by atoms with Crippen molar-refractivity contribution in [3.05, 3.63) is 35.9 Å². The van der Waals surface area contributed by atoms with Crippen LogP contribution in [0.2, 0.25) is 0 Å². The summed E-state index contributed by atoms with van der Waals surface area (Å²) in [5.41, 5.74) is 5.73. The molecule has 1 atom stereocenters. The molecular formula is C17H18N2OS. The maximum absolute atomic E-state index is 11.3. The summed E-state index contributed by atoms with van der Waals surface area (Å²) in [6.07, 6.45) is 7.86. The van der Waals surface area contributed by atoms with Gasteiger partial charge < -0.3 is 0 Å². The summed E-state index contributed by atoms with van der Waals surface area (Å²) in [6, 6.07) is 8.18. The molecule has 0 aromatic heterocycles. The van der Waals surface area contributed by atoms with Gasteiger partial charge >= 0.3 is 0 Å². The van der Waals surface area contributed by atoms with Crippen LogP contribution in [0.4, 0.5) is 0 Å². The fourth-order valence-corrected chi connectivity index (χ4v) is 2.98. The van der Waals surface area contributed by atoms with Gasteiger partial charge in [0.05, 0.1) is 11.5 Å². The third-order valence-corrected chi connectivity index (χ3v) is 4.27. The highest BCUT2D eigenvalue weighted by Crippen LogP contribution is 2.28. The Morgan fingerprint density at radius 3 is 3.05 bits per heavy atom. The molecule has 0 saturated carbocycles. The zero-order valence-corrected chi connectivity index (χ0v) is 13.0. The van der Waals surface area contributed by atoms with Crippen LogP contribution < -0.4 is 5.43 Å². The number of rotatable bonds is 4. The number of nitrogens with one attached hydrogen (secondary N) is 1. The number of nitrogens with zero attached hydrogens (tertiary/aromatic N) is 1. The van der Waals surface area contributed by atoms with Crippen molar-refractivity contribution in [3.63, 3.8) is 0 Å². The SMILES string of the molecule is C#CCSc1ccccc1C(C)=CC1=NNC(=O)CC1C. The van der Waals surface area contributed by atoms with Gasteiger partial charge in [-0.15, -0.1) is 18.2 Å². The van der Waals surface area contributed by atoms with Gasteiger partial charge in [-0.3, -0.25) is 4.79 Å². The smallest absolute Gasteiger partial charge is 0.240 e. The summed E-state index contributed by atoms with van der Waals surface area (Å²) in [4.78, 5) is 12.5. The van der Waals surface area contributed by atoms with Crippen LogP contribution in [0.5, 0.6) is 0 Å². The van der Waals surface area contributed by atoms with Crippen molar-refractivity contribution in [1.29, 1.82) is 0 Å². The lowest BCUT2D eigenvalue weighted by molar-refractivity contribution is -0.121. The summed E-state index contributed by atoms with van der Waals surface area (Å²) in [5, 5.41) is 4.15. The first-order valence-electron chi connectivity index (χ1n) is 6.82. The van der Waals surface area contributed by atoms with E-state index in [9.17, 15) is 4.79 Å². The number of hydrogen-bond donors (Lipinski definition) is 1. The van der Waals surface area contributed by atoms with E-state index in [1.165, 1.54) is 0 Å². The molecule has 0 radical (unpaired) electrons. The van der Waals surface area contributed by atoms with E-state index in [2.05, 4.69) is 35.5 Å². The predicted octanol–water partition coefficient (Wildman–Crippen LogP) is 3.33. The van der Waals surface area contributed by atoms with Crippen molar-refractivity contribution in [2.24, 2.45) is 11.0 Å². The number of carbonyl (C=O) groups excluding carboxylic acids is 1. The summed E-state index contributed by atoms with van der Waals surface area (Å²) in [7, 11) is 0. The number of hydrogen-bond acceptors (Lipinski definition) is 3. The van der Waals surface area contributed by atoms with Gasteiger partial charge in [-0.25, -0.2) is 5.43 Å². The zero-order chi connectivity index (χ0) is 15.2. The molecule has 1 amide bonds. The Balaban J connectivity index is 2.27. The Morgan fingerprint density at radius 2 is 2.33 bits per heavy atom. The van der Waals surface area contributed by atoms with Gasteiger partial charge in [-0.1, -0.05) is 31.0 Å². The van der Waals surface area contributed by atoms with Gasteiger partial charge in [0.15, 0.2) is 0 Å². The fourth-order valence-electron chi connectivity index (χ4n) is 2.18. The van der Waals surface area contributed by atoms with Crippen LogP contribution in [-0.4, -0.2) is 17.4 Å². The second kappa shape index (κ2) is 7.14. The number of hydrazone groups is 1. The van der Waals surface area contributed by atoms with Gasteiger partial charge in [0.25, 0.3) is 0 Å². The van der Waals surface area contributed by atoms with Crippen LogP contribution >= 0.6 is 11.8 Å². The summed E-state index contributed by atoms with van der Waals surface area (Å²) < 4.78 is 0. The van der Waals surface area contributed by atoms with Crippen molar-refractivity contribution in [2.75, 3.05) is 5.75 Å². The third-order valence-electron chi connectivity index (χ3n) is 3.29. The zero-order valence-electron chi connectivity index (χ0n) is 12.2. The maximum atomic E-state index is 11.3. The predicted molar refractivity (Wildman–Crippen MR) is 89.0 cm³/mol. The molecule has 0 fully saturated rings. The minimum atomic E-state index is -0.0257. The minimum absolute atomic E-state index is 0.0257. The Labute approximate surface area is 129 Å². The molecule has 0 spiro atoms. The van der Waals surface area contributed by atoms with E-state index >= 15 is 0 Å². The van der Waals surface area contributed by atoms with Gasteiger partial charge in [0.1, 0.15) is 0 Å². The van der Waals surface area contributed by atoms with E-state index < -0.39 is 0 Å². The van der Waals surface area contributed by atoms with E-state index in [1.807, 2.05) is 25.1 Å². The molecular weight excluding hydrogens is 280 g/mol. The molecule has 1 N–H and O–H groups in total. The molecule has 0 saturated heterocycles. The Kier molecular flexibility index (Phi) is 5.24. The Bertz CT molecular complexity index is 640. The first-order chi connectivity index (χ1) is 10.1. The average Bonchev–Trinajstić information content (AvgIpc) is 2.48. The number of carbonyl (C=O) groups is 1. The lowest BCUT2D eigenvalue weighted by atomic mass is 9.96. The van der Waals surface area contributed by atoms with Crippen LogP contribution in [0.1, 0.15) is 25.8 Å². The highest BCUT2D eigenvalue weighted by Gasteiger charge is 2.19. The largest absolute Gasteiger partial charge is 0.273 e. The highest BCUT2D eigenvalue weighted by molar-refractivity contribution is 7.99. The van der Waals surface area contributed by atoms with E-state index in [-0.39, 0.29) is 11.8 Å². The topological polar surface area (TPSA) is 41.5 Å². The molecule has 2 rings (SSSR count). The van der Waals surface area contributed by atoms with Crippen LogP contribution in [-0.2, 0) is 4.79 Å². The molecule has 1 unspecified atom stereocenters. The Morgan fingerprint density at radius 1 is 1.57 bits per heavy atom. The third kappa shape index (κ3) is 3.99. The highest BCUT2D eigenvalue weighted by atomic mass is 32.2. The van der Waals surface area contributed by atoms with Crippen LogP contribution in [0.3, 0.4) is 0 Å². The lowest BCUT2D eigenvalue weighted by Gasteiger charge is -2.17. The molecule has 3 nitrogen and oxygen atoms in total. The van der Waals surface area contributed by atoms with Crippen molar-refractivity contribution in [3.8, 4) is 12.3 Å². The van der Waals surface area contributed by atoms with Crippen molar-refractivity contribution in [2.45, 2.75) is 25.2 Å². The quantitative estimate of drug-likeness (QED) is 0.684. The second-order valence-corrected chi connectivity index (χ2v) is 6.01. The van der Waals surface area contributed by atoms with E-state index in [1.54, 1.807) is 11.8 Å².